The maximum atomic E-state index is 9.96. The van der Waals surface area contributed by atoms with Crippen LogP contribution in [0.25, 0.3) is 0 Å². The minimum atomic E-state index is -0.418. The van der Waals surface area contributed by atoms with Crippen molar-refractivity contribution >= 4 is 0 Å². The second kappa shape index (κ2) is 4.11. The number of hydrogen-bond donors (Lipinski definition) is 1. The topological polar surface area (TPSA) is 38.7 Å². The van der Waals surface area contributed by atoms with E-state index in [-0.39, 0.29) is 0 Å². The number of methoxy groups -OCH3 is 2. The number of aliphatic hydroxyl groups is 1. The molecule has 1 atom stereocenters. The van der Waals surface area contributed by atoms with Gasteiger partial charge >= 0.3 is 0 Å². The molecule has 0 radical (unpaired) electrons. The highest BCUT2D eigenvalue weighted by Crippen LogP contribution is 2.40. The quantitative estimate of drug-likeness (QED) is 0.808. The van der Waals surface area contributed by atoms with Gasteiger partial charge in [-0.1, -0.05) is 0 Å². The van der Waals surface area contributed by atoms with Crippen molar-refractivity contribution in [2.75, 3.05) is 14.2 Å². The lowest BCUT2D eigenvalue weighted by Gasteiger charge is -2.25. The maximum absolute atomic E-state index is 9.96. The van der Waals surface area contributed by atoms with Crippen LogP contribution in [0.1, 0.15) is 30.1 Å². The molecule has 15 heavy (non-hydrogen) atoms. The van der Waals surface area contributed by atoms with E-state index in [0.717, 1.165) is 41.9 Å². The summed E-state index contributed by atoms with van der Waals surface area (Å²) in [5, 5.41) is 9.96. The second-order valence-corrected chi connectivity index (χ2v) is 3.77. The molecule has 1 aliphatic carbocycles. The van der Waals surface area contributed by atoms with Gasteiger partial charge in [-0.25, -0.2) is 0 Å². The Labute approximate surface area is 89.6 Å². The zero-order valence-electron chi connectivity index (χ0n) is 9.12. The summed E-state index contributed by atoms with van der Waals surface area (Å²) in [5.74, 6) is 1.61. The van der Waals surface area contributed by atoms with E-state index >= 15 is 0 Å². The van der Waals surface area contributed by atoms with Gasteiger partial charge in [0.1, 0.15) is 11.5 Å². The Balaban J connectivity index is 2.56. The number of aliphatic hydroxyl groups excluding tert-OH is 1. The van der Waals surface area contributed by atoms with E-state index in [1.165, 1.54) is 0 Å². The minimum Gasteiger partial charge on any atom is -0.496 e. The monoisotopic (exact) mass is 208 g/mol. The highest BCUT2D eigenvalue weighted by atomic mass is 16.5. The normalized spacial score (nSPS) is 19.5. The molecule has 0 amide bonds. The van der Waals surface area contributed by atoms with Crippen LogP contribution in [0, 0.1) is 0 Å². The Morgan fingerprint density at radius 2 is 1.87 bits per heavy atom. The smallest absolute Gasteiger partial charge is 0.125 e. The molecule has 0 saturated heterocycles. The van der Waals surface area contributed by atoms with Gasteiger partial charge in [0.25, 0.3) is 0 Å². The van der Waals surface area contributed by atoms with E-state index < -0.39 is 6.10 Å². The van der Waals surface area contributed by atoms with Gasteiger partial charge in [0.2, 0.25) is 0 Å². The predicted octanol–water partition coefficient (Wildman–Crippen LogP) is 2.07. The van der Waals surface area contributed by atoms with E-state index in [0.29, 0.717) is 0 Å². The summed E-state index contributed by atoms with van der Waals surface area (Å²) in [6.07, 6.45) is 2.33. The van der Waals surface area contributed by atoms with Crippen LogP contribution in [-0.4, -0.2) is 19.3 Å². The molecule has 0 bridgehead atoms. The van der Waals surface area contributed by atoms with Crippen LogP contribution in [0.3, 0.4) is 0 Å². The van der Waals surface area contributed by atoms with Gasteiger partial charge < -0.3 is 14.6 Å². The molecule has 0 aromatic heterocycles. The van der Waals surface area contributed by atoms with Gasteiger partial charge in [-0.2, -0.15) is 0 Å². The highest BCUT2D eigenvalue weighted by molar-refractivity contribution is 5.51. The SMILES string of the molecule is COc1ccc(OC)c2c1CCC[C@H]2O. The van der Waals surface area contributed by atoms with E-state index in [9.17, 15) is 5.11 Å². The molecule has 0 spiro atoms. The number of hydrogen-bond acceptors (Lipinski definition) is 3. The molecular formula is C12H16O3. The van der Waals surface area contributed by atoms with Gasteiger partial charge in [-0.05, 0) is 31.4 Å². The Hall–Kier alpha value is -1.22. The first-order valence-corrected chi connectivity index (χ1v) is 5.19. The molecular weight excluding hydrogens is 192 g/mol. The summed E-state index contributed by atoms with van der Waals surface area (Å²) in [6.45, 7) is 0. The van der Waals surface area contributed by atoms with Gasteiger partial charge in [-0.3, -0.25) is 0 Å². The Morgan fingerprint density at radius 1 is 1.20 bits per heavy atom. The molecule has 0 fully saturated rings. The van der Waals surface area contributed by atoms with Crippen LogP contribution < -0.4 is 9.47 Å². The van der Waals surface area contributed by atoms with Gasteiger partial charge in [-0.15, -0.1) is 0 Å². The lowest BCUT2D eigenvalue weighted by molar-refractivity contribution is 0.151. The van der Waals surface area contributed by atoms with Crippen molar-refractivity contribution in [3.05, 3.63) is 23.3 Å². The second-order valence-electron chi connectivity index (χ2n) is 3.77. The van der Waals surface area contributed by atoms with Gasteiger partial charge in [0, 0.05) is 11.1 Å². The molecule has 1 aliphatic rings. The fourth-order valence-corrected chi connectivity index (χ4v) is 2.23. The summed E-state index contributed by atoms with van der Waals surface area (Å²) in [6, 6.07) is 3.75. The molecule has 0 unspecified atom stereocenters. The van der Waals surface area contributed by atoms with Crippen LogP contribution in [0.15, 0.2) is 12.1 Å². The molecule has 0 saturated carbocycles. The maximum Gasteiger partial charge on any atom is 0.125 e. The largest absolute Gasteiger partial charge is 0.496 e. The van der Waals surface area contributed by atoms with E-state index in [1.54, 1.807) is 14.2 Å². The first-order chi connectivity index (χ1) is 7.27. The standard InChI is InChI=1S/C12H16O3/c1-14-10-6-7-11(15-2)12-8(10)4-3-5-9(12)13/h6-7,9,13H,3-5H2,1-2H3/t9-/m1/s1. The van der Waals surface area contributed by atoms with E-state index in [4.69, 9.17) is 9.47 Å². The molecule has 3 heteroatoms. The van der Waals surface area contributed by atoms with Crippen molar-refractivity contribution in [1.82, 2.24) is 0 Å². The molecule has 0 aliphatic heterocycles. The highest BCUT2D eigenvalue weighted by Gasteiger charge is 2.24. The summed E-state index contributed by atoms with van der Waals surface area (Å²) in [7, 11) is 3.28. The van der Waals surface area contributed by atoms with Crippen LogP contribution in [-0.2, 0) is 6.42 Å². The molecule has 0 heterocycles. The summed E-state index contributed by atoms with van der Waals surface area (Å²) >= 11 is 0. The van der Waals surface area contributed by atoms with Crippen molar-refractivity contribution < 1.29 is 14.6 Å². The molecule has 82 valence electrons. The van der Waals surface area contributed by atoms with Gasteiger partial charge in [0.05, 0.1) is 20.3 Å². The lowest BCUT2D eigenvalue weighted by atomic mass is 9.88. The van der Waals surface area contributed by atoms with Crippen molar-refractivity contribution in [2.24, 2.45) is 0 Å². The third-order valence-corrected chi connectivity index (χ3v) is 2.95. The fraction of sp³-hybridized carbons (Fsp3) is 0.500. The minimum absolute atomic E-state index is 0.418. The number of ether oxygens (including phenoxy) is 2. The fourth-order valence-electron chi connectivity index (χ4n) is 2.23. The zero-order valence-corrected chi connectivity index (χ0v) is 9.12. The van der Waals surface area contributed by atoms with Crippen LogP contribution in [0.2, 0.25) is 0 Å². The first kappa shape index (κ1) is 10.3. The predicted molar refractivity (Wildman–Crippen MR) is 57.4 cm³/mol. The average Bonchev–Trinajstić information content (AvgIpc) is 2.28. The number of rotatable bonds is 2. The van der Waals surface area contributed by atoms with Crippen LogP contribution in [0.5, 0.6) is 11.5 Å². The van der Waals surface area contributed by atoms with Crippen molar-refractivity contribution in [3.8, 4) is 11.5 Å². The zero-order chi connectivity index (χ0) is 10.8. The van der Waals surface area contributed by atoms with Crippen molar-refractivity contribution in [3.63, 3.8) is 0 Å². The summed E-state index contributed by atoms with van der Waals surface area (Å²) in [4.78, 5) is 0. The third-order valence-electron chi connectivity index (χ3n) is 2.95. The average molecular weight is 208 g/mol. The molecule has 1 N–H and O–H groups in total. The molecule has 1 aromatic rings. The third kappa shape index (κ3) is 1.67. The molecule has 2 rings (SSSR count). The van der Waals surface area contributed by atoms with Crippen LogP contribution >= 0.6 is 0 Å². The van der Waals surface area contributed by atoms with Crippen LogP contribution in [0.4, 0.5) is 0 Å². The van der Waals surface area contributed by atoms with Crippen molar-refractivity contribution in [2.45, 2.75) is 25.4 Å². The Bertz CT molecular complexity index is 360. The Morgan fingerprint density at radius 3 is 2.53 bits per heavy atom. The number of fused-ring (bicyclic) bond motifs is 1. The first-order valence-electron chi connectivity index (χ1n) is 5.19. The lowest BCUT2D eigenvalue weighted by Crippen LogP contribution is -2.12. The van der Waals surface area contributed by atoms with E-state index in [2.05, 4.69) is 0 Å². The molecule has 3 nitrogen and oxygen atoms in total. The van der Waals surface area contributed by atoms with Gasteiger partial charge in [0.15, 0.2) is 0 Å². The molecule has 1 aromatic carbocycles. The van der Waals surface area contributed by atoms with Crippen molar-refractivity contribution in [1.29, 1.82) is 0 Å². The summed E-state index contributed by atoms with van der Waals surface area (Å²) < 4.78 is 10.6. The van der Waals surface area contributed by atoms with E-state index in [1.807, 2.05) is 12.1 Å². The summed E-state index contributed by atoms with van der Waals surface area (Å²) in [5.41, 5.74) is 2.00. The number of benzene rings is 1. The Kier molecular flexibility index (Phi) is 2.82.